The molecule has 0 amide bonds. The van der Waals surface area contributed by atoms with Gasteiger partial charge in [-0.1, -0.05) is 11.3 Å². The molecule has 8 heteroatoms. The lowest BCUT2D eigenvalue weighted by molar-refractivity contribution is 0.697. The molecule has 0 bridgehead atoms. The van der Waals surface area contributed by atoms with Gasteiger partial charge in [-0.2, -0.15) is 5.26 Å². The van der Waals surface area contributed by atoms with Gasteiger partial charge in [0.15, 0.2) is 6.19 Å². The summed E-state index contributed by atoms with van der Waals surface area (Å²) in [4.78, 5) is 3.87. The van der Waals surface area contributed by atoms with Gasteiger partial charge < -0.3 is 11.1 Å². The van der Waals surface area contributed by atoms with E-state index in [4.69, 9.17) is 11.0 Å². The topological polar surface area (TPSA) is 112 Å². The number of nitriles is 1. The minimum atomic E-state index is 0.493. The first-order valence-corrected chi connectivity index (χ1v) is 6.01. The van der Waals surface area contributed by atoms with Gasteiger partial charge in [0.05, 0.1) is 0 Å². The van der Waals surface area contributed by atoms with Crippen molar-refractivity contribution in [3.63, 3.8) is 0 Å². The molecule has 0 unspecified atom stereocenters. The summed E-state index contributed by atoms with van der Waals surface area (Å²) in [5, 5.41) is 23.0. The summed E-state index contributed by atoms with van der Waals surface area (Å²) in [6.45, 7) is 0.760. The van der Waals surface area contributed by atoms with Crippen molar-refractivity contribution in [2.24, 2.45) is 4.99 Å². The second kappa shape index (κ2) is 7.40. The van der Waals surface area contributed by atoms with E-state index >= 15 is 0 Å². The number of nitrogen functional groups attached to an aromatic ring is 1. The highest BCUT2D eigenvalue weighted by Crippen LogP contribution is 2.13. The predicted octanol–water partition coefficient (Wildman–Crippen LogP) is 0.0891. The highest BCUT2D eigenvalue weighted by Gasteiger charge is 2.00. The number of nitrogens with zero attached hydrogens (tertiary/aromatic N) is 4. The molecule has 0 spiro atoms. The molecule has 0 aromatic carbocycles. The molecule has 0 radical (unpaired) electrons. The molecule has 0 fully saturated rings. The zero-order valence-electron chi connectivity index (χ0n) is 9.60. The molecule has 17 heavy (non-hydrogen) atoms. The molecular formula is C9H15N7S. The molecule has 0 saturated carbocycles. The first-order valence-electron chi connectivity index (χ1n) is 5.20. The van der Waals surface area contributed by atoms with Crippen LogP contribution < -0.4 is 16.4 Å². The van der Waals surface area contributed by atoms with Crippen molar-refractivity contribution in [1.29, 1.82) is 5.26 Å². The van der Waals surface area contributed by atoms with Gasteiger partial charge in [-0.25, -0.2) is 0 Å². The quantitative estimate of drug-likeness (QED) is 0.225. The normalized spacial score (nSPS) is 10.9. The first kappa shape index (κ1) is 13.2. The number of aliphatic imine (C=N–C) groups is 1. The molecule has 0 aliphatic heterocycles. The fourth-order valence-electron chi connectivity index (χ4n) is 1.21. The lowest BCUT2D eigenvalue weighted by atomic mass is 10.2. The number of hydrogen-bond donors (Lipinski definition) is 3. The molecule has 1 aromatic heterocycles. The lowest BCUT2D eigenvalue weighted by Crippen LogP contribution is -2.34. The predicted molar refractivity (Wildman–Crippen MR) is 67.4 cm³/mol. The van der Waals surface area contributed by atoms with Crippen LogP contribution in [0.1, 0.15) is 17.8 Å². The Kier molecular flexibility index (Phi) is 5.74. The third-order valence-electron chi connectivity index (χ3n) is 1.99. The number of guanidine groups is 1. The van der Waals surface area contributed by atoms with Gasteiger partial charge in [-0.05, 0) is 12.8 Å². The number of rotatable bonds is 5. The van der Waals surface area contributed by atoms with Crippen LogP contribution >= 0.6 is 11.3 Å². The van der Waals surface area contributed by atoms with Gasteiger partial charge in [0.2, 0.25) is 11.1 Å². The Balaban J connectivity index is 2.11. The number of aryl methyl sites for hydroxylation is 1. The van der Waals surface area contributed by atoms with Gasteiger partial charge in [0.25, 0.3) is 0 Å². The van der Waals surface area contributed by atoms with E-state index in [0.29, 0.717) is 11.1 Å². The van der Waals surface area contributed by atoms with Crippen molar-refractivity contribution < 1.29 is 0 Å². The molecule has 1 heterocycles. The highest BCUT2D eigenvalue weighted by atomic mass is 32.1. The Morgan fingerprint density at radius 3 is 2.94 bits per heavy atom. The van der Waals surface area contributed by atoms with E-state index in [9.17, 15) is 0 Å². The molecule has 0 aliphatic carbocycles. The third-order valence-corrected chi connectivity index (χ3v) is 2.80. The zero-order valence-corrected chi connectivity index (χ0v) is 10.4. The fourth-order valence-corrected chi connectivity index (χ4v) is 1.86. The molecule has 1 rings (SSSR count). The van der Waals surface area contributed by atoms with Gasteiger partial charge in [-0.15, -0.1) is 10.2 Å². The molecule has 0 saturated heterocycles. The maximum atomic E-state index is 8.41. The monoisotopic (exact) mass is 253 g/mol. The van der Waals surface area contributed by atoms with Gasteiger partial charge >= 0.3 is 0 Å². The van der Waals surface area contributed by atoms with Gasteiger partial charge in [0, 0.05) is 20.0 Å². The molecule has 92 valence electrons. The molecule has 0 atom stereocenters. The summed E-state index contributed by atoms with van der Waals surface area (Å²) >= 11 is 1.42. The summed E-state index contributed by atoms with van der Waals surface area (Å²) in [7, 11) is 1.62. The Labute approximate surface area is 104 Å². The van der Waals surface area contributed by atoms with E-state index < -0.39 is 0 Å². The van der Waals surface area contributed by atoms with Crippen LogP contribution in [-0.4, -0.2) is 29.7 Å². The Hall–Kier alpha value is -1.88. The summed E-state index contributed by atoms with van der Waals surface area (Å²) in [5.41, 5.74) is 5.48. The van der Waals surface area contributed by atoms with Crippen LogP contribution in [0.15, 0.2) is 4.99 Å². The first-order chi connectivity index (χ1) is 8.26. The van der Waals surface area contributed by atoms with Crippen molar-refractivity contribution in [2.75, 3.05) is 19.3 Å². The van der Waals surface area contributed by atoms with Crippen LogP contribution in [-0.2, 0) is 6.42 Å². The summed E-state index contributed by atoms with van der Waals surface area (Å²) in [6.07, 6.45) is 4.65. The summed E-state index contributed by atoms with van der Waals surface area (Å²) < 4.78 is 0. The average molecular weight is 253 g/mol. The van der Waals surface area contributed by atoms with Crippen molar-refractivity contribution in [1.82, 2.24) is 20.8 Å². The van der Waals surface area contributed by atoms with E-state index in [1.54, 1.807) is 7.05 Å². The number of nitrogens with two attached hydrogens (primary N) is 1. The second-order valence-electron chi connectivity index (χ2n) is 3.23. The number of unbranched alkanes of at least 4 members (excludes halogenated alkanes) is 1. The maximum Gasteiger partial charge on any atom is 0.204 e. The highest BCUT2D eigenvalue weighted by molar-refractivity contribution is 7.15. The van der Waals surface area contributed by atoms with Crippen LogP contribution in [0.3, 0.4) is 0 Å². The van der Waals surface area contributed by atoms with Gasteiger partial charge in [-0.3, -0.25) is 10.3 Å². The molecule has 1 aromatic rings. The largest absolute Gasteiger partial charge is 0.374 e. The average Bonchev–Trinajstić information content (AvgIpc) is 2.73. The smallest absolute Gasteiger partial charge is 0.204 e. The van der Waals surface area contributed by atoms with Crippen LogP contribution in [0.25, 0.3) is 0 Å². The van der Waals surface area contributed by atoms with Gasteiger partial charge in [0.1, 0.15) is 5.01 Å². The number of aromatic nitrogens is 2. The minimum Gasteiger partial charge on any atom is -0.374 e. The molecule has 4 N–H and O–H groups in total. The maximum absolute atomic E-state index is 8.41. The Morgan fingerprint density at radius 2 is 2.35 bits per heavy atom. The number of nitrogens with one attached hydrogen (secondary N) is 2. The Bertz CT molecular complexity index is 406. The lowest BCUT2D eigenvalue weighted by Gasteiger charge is -2.05. The molecular weight excluding hydrogens is 238 g/mol. The van der Waals surface area contributed by atoms with E-state index in [1.165, 1.54) is 11.3 Å². The van der Waals surface area contributed by atoms with E-state index in [-0.39, 0.29) is 0 Å². The van der Waals surface area contributed by atoms with E-state index in [2.05, 4.69) is 25.8 Å². The number of hydrogen-bond acceptors (Lipinski definition) is 6. The fraction of sp³-hybridized carbons (Fsp3) is 0.556. The summed E-state index contributed by atoms with van der Waals surface area (Å²) in [5.74, 6) is 0.493. The van der Waals surface area contributed by atoms with Crippen LogP contribution in [0.5, 0.6) is 0 Å². The summed E-state index contributed by atoms with van der Waals surface area (Å²) in [6, 6.07) is 0. The van der Waals surface area contributed by atoms with E-state index in [0.717, 1.165) is 30.8 Å². The van der Waals surface area contributed by atoms with Crippen LogP contribution in [0.2, 0.25) is 0 Å². The van der Waals surface area contributed by atoms with Crippen molar-refractivity contribution >= 4 is 22.4 Å². The SMILES string of the molecule is CN=C(NC#N)NCCCCc1nnc(N)s1. The molecule has 0 aliphatic rings. The van der Waals surface area contributed by atoms with Crippen molar-refractivity contribution in [3.05, 3.63) is 5.01 Å². The third kappa shape index (κ3) is 5.12. The standard InChI is InChI=1S/C9H15N7S/c1-12-9(14-6-10)13-5-3-2-4-7-15-16-8(11)17-7/h2-5H2,1H3,(H2,11,16)(H2,12,13,14). The number of anilines is 1. The zero-order chi connectivity index (χ0) is 12.5. The Morgan fingerprint density at radius 1 is 1.53 bits per heavy atom. The van der Waals surface area contributed by atoms with Crippen molar-refractivity contribution in [2.45, 2.75) is 19.3 Å². The molecule has 7 nitrogen and oxygen atoms in total. The van der Waals surface area contributed by atoms with Crippen LogP contribution in [0, 0.1) is 11.5 Å². The van der Waals surface area contributed by atoms with E-state index in [1.807, 2.05) is 6.19 Å². The van der Waals surface area contributed by atoms with Crippen LogP contribution in [0.4, 0.5) is 5.13 Å². The minimum absolute atomic E-state index is 0.493. The second-order valence-corrected chi connectivity index (χ2v) is 4.32. The van der Waals surface area contributed by atoms with Crippen molar-refractivity contribution in [3.8, 4) is 6.19 Å².